The zero-order valence-corrected chi connectivity index (χ0v) is 61.8. The number of hydrogen-bond acceptors (Lipinski definition) is 32. The third-order valence-corrected chi connectivity index (χ3v) is 16.1. The molecule has 0 spiro atoms. The number of nitrogens with one attached hydrogen (secondary N) is 4. The molecule has 44 heteroatoms. The van der Waals surface area contributed by atoms with Crippen molar-refractivity contribution in [2.45, 2.75) is 29.4 Å². The smallest absolute Gasteiger partial charge is 0.744 e. The molecular weight excluding hydrogens is 1300 g/mol. The van der Waals surface area contributed by atoms with Crippen LogP contribution >= 0.6 is 0 Å². The van der Waals surface area contributed by atoms with E-state index in [1.165, 1.54) is 12.1 Å². The first kappa shape index (κ1) is 78.9. The maximum absolute atomic E-state index is 12.7. The molecule has 4 aromatic carbocycles. The monoisotopic (exact) mass is 1330 g/mol. The molecule has 84 heavy (non-hydrogen) atoms. The van der Waals surface area contributed by atoms with Crippen molar-refractivity contribution >= 4 is 131 Å². The Bertz CT molecular complexity index is 3860. The van der Waals surface area contributed by atoms with Crippen LogP contribution in [0, 0.1) is 0 Å². The third-order valence-electron chi connectivity index (χ3n) is 10.9. The Morgan fingerprint density at radius 2 is 0.667 bits per heavy atom. The van der Waals surface area contributed by atoms with Gasteiger partial charge in [0.2, 0.25) is 35.7 Å². The summed E-state index contributed by atoms with van der Waals surface area (Å²) >= 11 is 0. The molecule has 0 bridgehead atoms. The largest absolute Gasteiger partial charge is 1.00 e. The van der Waals surface area contributed by atoms with Crippen LogP contribution in [0.3, 0.4) is 0 Å². The molecule has 4 heterocycles. The molecule has 416 valence electrons. The average Bonchev–Trinajstić information content (AvgIpc) is 3.55. The second-order valence-electron chi connectivity index (χ2n) is 16.1. The van der Waals surface area contributed by atoms with Crippen LogP contribution in [0.4, 0.5) is 58.4 Å². The number of hydrogen-bond donors (Lipinski definition) is 4. The van der Waals surface area contributed by atoms with E-state index < -0.39 is 113 Å². The number of morpholine rings is 2. The van der Waals surface area contributed by atoms with Crippen molar-refractivity contribution in [2.75, 3.05) is 83.7 Å². The van der Waals surface area contributed by atoms with Gasteiger partial charge in [0.1, 0.15) is 60.7 Å². The van der Waals surface area contributed by atoms with Crippen LogP contribution < -0.4 is 208 Å². The summed E-state index contributed by atoms with van der Waals surface area (Å²) in [6.45, 7) is 1.78. The van der Waals surface area contributed by atoms with Crippen LogP contribution in [-0.2, 0) is 70.2 Å². The first-order chi connectivity index (χ1) is 36.4. The maximum Gasteiger partial charge on any atom is 1.00 e. The number of aromatic nitrogens is 6. The zero-order chi connectivity index (χ0) is 56.6. The van der Waals surface area contributed by atoms with Crippen molar-refractivity contribution in [1.29, 1.82) is 0 Å². The zero-order valence-electron chi connectivity index (χ0n) is 44.9. The van der Waals surface area contributed by atoms with Gasteiger partial charge < -0.3 is 67.9 Å². The van der Waals surface area contributed by atoms with Gasteiger partial charge in [0.15, 0.2) is 0 Å². The van der Waals surface area contributed by atoms with Crippen molar-refractivity contribution < 1.29 is 265 Å². The number of anilines is 10. The van der Waals surface area contributed by atoms with Gasteiger partial charge in [-0.1, -0.05) is 24.3 Å². The first-order valence-electron chi connectivity index (χ1n) is 21.6. The minimum Gasteiger partial charge on any atom is -0.744 e. The van der Waals surface area contributed by atoms with Gasteiger partial charge in [-0.3, -0.25) is 0 Å². The summed E-state index contributed by atoms with van der Waals surface area (Å²) in [5.41, 5.74) is -2.07. The number of nitrogens with zero attached hydrogens (tertiary/aromatic N) is 8. The summed E-state index contributed by atoms with van der Waals surface area (Å²) in [4.78, 5) is 22.5. The predicted octanol–water partition coefficient (Wildman–Crippen LogP) is -17.7. The predicted molar refractivity (Wildman–Crippen MR) is 261 cm³/mol. The molecule has 8 rings (SSSR count). The summed E-state index contributed by atoms with van der Waals surface area (Å²) in [5.74, 6) is -1.79. The summed E-state index contributed by atoms with van der Waals surface area (Å²) in [6.07, 6.45) is 2.01. The quantitative estimate of drug-likeness (QED) is 0.0353. The Hall–Kier alpha value is -1.18. The molecule has 2 aromatic heterocycles. The van der Waals surface area contributed by atoms with Crippen molar-refractivity contribution in [3.8, 4) is 0 Å². The summed E-state index contributed by atoms with van der Waals surface area (Å²) in [7, 11) is -32.1. The van der Waals surface area contributed by atoms with E-state index in [0.717, 1.165) is 60.7 Å². The minimum atomic E-state index is -5.44. The third kappa shape index (κ3) is 21.2. The van der Waals surface area contributed by atoms with Gasteiger partial charge in [0, 0.05) is 37.6 Å². The molecule has 6 aromatic rings. The fourth-order valence-electron chi connectivity index (χ4n) is 7.31. The van der Waals surface area contributed by atoms with Gasteiger partial charge in [-0.15, -0.1) is 0 Å². The molecule has 0 radical (unpaired) electrons. The molecule has 0 amide bonds. The van der Waals surface area contributed by atoms with Gasteiger partial charge in [-0.25, -0.2) is 50.5 Å². The topological polar surface area (TPSA) is 494 Å². The SMILES string of the molecule is O=S(=O)([O-])c1ccc(Nc2nc(Nc3ccc(/C=C/c4ccc(Nc5nc(Nc6ccc(S(=O)(=O)[O-])cc6S(=O)(=O)[O-])nc(N6CCOCC6)n5)cc4S(=O)(=O)[O-])c(S(=O)(=O)[O-])c3)nc(N3CCOCC3)n2)c(S(=O)(=O)[O-])c1.[Na+].[Na+].[Na+].[Na+].[Na+].[Na+]. The molecule has 0 saturated carbocycles. The second-order valence-corrected chi connectivity index (χ2v) is 24.3. The van der Waals surface area contributed by atoms with Crippen LogP contribution in [0.2, 0.25) is 0 Å². The Labute approximate surface area is 613 Å². The molecule has 0 unspecified atom stereocenters. The van der Waals surface area contributed by atoms with E-state index in [1.54, 1.807) is 9.80 Å². The van der Waals surface area contributed by atoms with E-state index in [-0.39, 0.29) is 276 Å². The van der Waals surface area contributed by atoms with E-state index >= 15 is 0 Å². The van der Waals surface area contributed by atoms with Gasteiger partial charge in [0.25, 0.3) is 0 Å². The number of ether oxygens (including phenoxy) is 2. The molecule has 0 atom stereocenters. The summed E-state index contributed by atoms with van der Waals surface area (Å²) < 4.78 is 230. The van der Waals surface area contributed by atoms with E-state index in [2.05, 4.69) is 51.2 Å². The fourth-order valence-corrected chi connectivity index (χ4v) is 11.2. The van der Waals surface area contributed by atoms with Crippen LogP contribution in [0.15, 0.2) is 102 Å². The average molecular weight is 1330 g/mol. The molecule has 32 nitrogen and oxygen atoms in total. The Morgan fingerprint density at radius 3 is 0.952 bits per heavy atom. The molecule has 2 saturated heterocycles. The van der Waals surface area contributed by atoms with E-state index in [1.807, 2.05) is 0 Å². The Morgan fingerprint density at radius 1 is 0.369 bits per heavy atom. The number of benzene rings is 4. The Kier molecular flexibility index (Phi) is 30.3. The van der Waals surface area contributed by atoms with E-state index in [0.29, 0.717) is 12.1 Å². The summed E-state index contributed by atoms with van der Waals surface area (Å²) in [5, 5.41) is 10.4. The van der Waals surface area contributed by atoms with Crippen molar-refractivity contribution in [2.24, 2.45) is 0 Å². The minimum absolute atomic E-state index is 0. The van der Waals surface area contributed by atoms with Crippen molar-refractivity contribution in [3.05, 3.63) is 83.9 Å². The molecule has 0 aliphatic carbocycles. The van der Waals surface area contributed by atoms with Crippen LogP contribution in [-0.4, -0.2) is 160 Å². The van der Waals surface area contributed by atoms with Crippen molar-refractivity contribution in [1.82, 2.24) is 29.9 Å². The molecule has 2 fully saturated rings. The molecule has 4 N–H and O–H groups in total. The van der Waals surface area contributed by atoms with Gasteiger partial charge in [-0.05, 0) is 71.8 Å². The normalized spacial score (nSPS) is 14.0. The van der Waals surface area contributed by atoms with Crippen LogP contribution in [0.25, 0.3) is 12.2 Å². The van der Waals surface area contributed by atoms with Gasteiger partial charge >= 0.3 is 177 Å². The maximum atomic E-state index is 12.7. The summed E-state index contributed by atoms with van der Waals surface area (Å²) in [6, 6.07) is 10.2. The second kappa shape index (κ2) is 32.2. The number of rotatable bonds is 18. The van der Waals surface area contributed by atoms with Crippen LogP contribution in [0.1, 0.15) is 11.1 Å². The fraction of sp³-hybridized carbons (Fsp3) is 0.200. The molecule has 2 aliphatic heterocycles. The van der Waals surface area contributed by atoms with E-state index in [4.69, 9.17) is 9.47 Å². The van der Waals surface area contributed by atoms with Crippen LogP contribution in [0.5, 0.6) is 0 Å². The first-order valence-corrected chi connectivity index (χ1v) is 30.1. The van der Waals surface area contributed by atoms with Crippen molar-refractivity contribution in [3.63, 3.8) is 0 Å². The molecular formula is C40H34N12Na6O20S6. The standard InChI is InChI=1S/C40H40N12O20S6.6Na/c53-73(54,55)27-7-9-29(33(21-27)77(65,66)67)43-37-45-35(47-39(49-37)51-11-15-71-16-12-51)41-25-5-3-23(31(19-25)75(59,60)61)1-2-24-4-6-26(20-32(24)76(62,63)64)42-36-46-38(50-40(48-36)52-13-17-72-18-14-52)44-30-10-8-28(74(56,57)58)22-34(30)78(68,69)70;;;;;;/h1-10,19-22H,11-18H2,(H,53,54,55)(H,56,57,58)(H,59,60,61)(H,62,63,64)(H,65,66,67)(H,68,69,70)(H2,41,43,45,47,49)(H2,42,44,46,48,50);;;;;;/q;6*+1/p-6/b2-1+;;;;;;. The van der Waals surface area contributed by atoms with Gasteiger partial charge in [-0.2, -0.15) is 29.9 Å². The van der Waals surface area contributed by atoms with E-state index in [9.17, 15) is 77.8 Å². The molecule has 2 aliphatic rings. The Balaban J connectivity index is 0.00000401. The van der Waals surface area contributed by atoms with Gasteiger partial charge in [0.05, 0.1) is 67.2 Å².